The summed E-state index contributed by atoms with van der Waals surface area (Å²) in [5.41, 5.74) is 0.779. The van der Waals surface area contributed by atoms with Crippen molar-refractivity contribution in [2.45, 2.75) is 0 Å². The lowest BCUT2D eigenvalue weighted by Crippen LogP contribution is -2.00. The van der Waals surface area contributed by atoms with Crippen molar-refractivity contribution in [2.24, 2.45) is 0 Å². The molecular weight excluding hydrogens is 300 g/mol. The number of carbonyl (C=O) groups is 2. The molecule has 122 valence electrons. The van der Waals surface area contributed by atoms with Crippen molar-refractivity contribution in [1.29, 1.82) is 0 Å². The van der Waals surface area contributed by atoms with Crippen LogP contribution in [0.1, 0.15) is 20.7 Å². The first-order chi connectivity index (χ1) is 8.58. The zero-order valence-electron chi connectivity index (χ0n) is 11.1. The second-order valence-electron chi connectivity index (χ2n) is 3.47. The number of aromatic nitrogens is 2. The Labute approximate surface area is 123 Å². The van der Waals surface area contributed by atoms with Gasteiger partial charge in [0.1, 0.15) is 0 Å². The van der Waals surface area contributed by atoms with E-state index in [1.807, 2.05) is 0 Å². The monoisotopic (exact) mass is 316 g/mol. The van der Waals surface area contributed by atoms with E-state index in [0.717, 1.165) is 0 Å². The zero-order chi connectivity index (χ0) is 13.1. The lowest BCUT2D eigenvalue weighted by atomic mass is 10.1. The molecule has 10 N–H and O–H groups in total. The van der Waals surface area contributed by atoms with Gasteiger partial charge in [0.15, 0.2) is 0 Å². The number of rotatable bonds is 3. The molecule has 10 heteroatoms. The third-order valence-electron chi connectivity index (χ3n) is 2.28. The summed E-state index contributed by atoms with van der Waals surface area (Å²) >= 11 is 0. The van der Waals surface area contributed by atoms with Crippen LogP contribution in [0.15, 0.2) is 36.7 Å². The molecule has 0 spiro atoms. The Morgan fingerprint density at radius 2 is 1.05 bits per heavy atom. The van der Waals surface area contributed by atoms with E-state index in [4.69, 9.17) is 10.2 Å². The SMILES string of the molecule is O.O.O.O.O=C(O)c1ccnc(-c2cc(C(=O)O)ccn2)c1. The van der Waals surface area contributed by atoms with Crippen LogP contribution in [0.2, 0.25) is 0 Å². The lowest BCUT2D eigenvalue weighted by molar-refractivity contribution is 0.0686. The third kappa shape index (κ3) is 5.22. The zero-order valence-corrected chi connectivity index (χ0v) is 11.1. The van der Waals surface area contributed by atoms with Crippen molar-refractivity contribution in [3.8, 4) is 11.4 Å². The Balaban J connectivity index is -0.000000902. The molecule has 0 bridgehead atoms. The molecule has 0 unspecified atom stereocenters. The highest BCUT2D eigenvalue weighted by molar-refractivity contribution is 5.90. The fraction of sp³-hybridized carbons (Fsp3) is 0. The van der Waals surface area contributed by atoms with E-state index in [0.29, 0.717) is 11.4 Å². The minimum atomic E-state index is -1.08. The molecule has 2 rings (SSSR count). The topological polar surface area (TPSA) is 226 Å². The maximum Gasteiger partial charge on any atom is 0.335 e. The molecule has 10 nitrogen and oxygen atoms in total. The van der Waals surface area contributed by atoms with Crippen molar-refractivity contribution in [1.82, 2.24) is 9.97 Å². The van der Waals surface area contributed by atoms with Crippen LogP contribution in [0, 0.1) is 0 Å². The summed E-state index contributed by atoms with van der Waals surface area (Å²) in [7, 11) is 0. The molecule has 2 aromatic heterocycles. The van der Waals surface area contributed by atoms with Gasteiger partial charge in [-0.15, -0.1) is 0 Å². The Hall–Kier alpha value is -2.92. The van der Waals surface area contributed by atoms with Crippen molar-refractivity contribution in [3.63, 3.8) is 0 Å². The first kappa shape index (κ1) is 24.1. The van der Waals surface area contributed by atoms with Gasteiger partial charge in [0.05, 0.1) is 22.5 Å². The predicted octanol–water partition coefficient (Wildman–Crippen LogP) is -1.76. The summed E-state index contributed by atoms with van der Waals surface area (Å²) in [6.07, 6.45) is 2.68. The molecule has 22 heavy (non-hydrogen) atoms. The summed E-state index contributed by atoms with van der Waals surface area (Å²) in [6.45, 7) is 0. The van der Waals surface area contributed by atoms with Gasteiger partial charge in [0, 0.05) is 12.4 Å². The number of hydrogen-bond acceptors (Lipinski definition) is 4. The van der Waals surface area contributed by atoms with Gasteiger partial charge in [-0.1, -0.05) is 0 Å². The number of pyridine rings is 2. The quantitative estimate of drug-likeness (QED) is 0.665. The summed E-state index contributed by atoms with van der Waals surface area (Å²) in [6, 6.07) is 5.40. The average molecular weight is 316 g/mol. The summed E-state index contributed by atoms with van der Waals surface area (Å²) in [5, 5.41) is 17.7. The summed E-state index contributed by atoms with van der Waals surface area (Å²) in [5.74, 6) is -2.15. The molecule has 0 atom stereocenters. The third-order valence-corrected chi connectivity index (χ3v) is 2.28. The predicted molar refractivity (Wildman–Crippen MR) is 75.8 cm³/mol. The number of nitrogens with zero attached hydrogens (tertiary/aromatic N) is 2. The maximum atomic E-state index is 10.8. The van der Waals surface area contributed by atoms with Gasteiger partial charge in [-0.05, 0) is 24.3 Å². The number of aromatic carboxylic acids is 2. The van der Waals surface area contributed by atoms with Crippen LogP contribution < -0.4 is 0 Å². The van der Waals surface area contributed by atoms with Crippen LogP contribution in [0.5, 0.6) is 0 Å². The first-order valence-electron chi connectivity index (χ1n) is 4.97. The molecule has 0 aliphatic rings. The molecule has 0 radical (unpaired) electrons. The maximum absolute atomic E-state index is 10.8. The minimum Gasteiger partial charge on any atom is -0.478 e. The Morgan fingerprint density at radius 3 is 1.32 bits per heavy atom. The van der Waals surface area contributed by atoms with Crippen LogP contribution in [0.4, 0.5) is 0 Å². The van der Waals surface area contributed by atoms with Gasteiger partial charge < -0.3 is 32.1 Å². The summed E-state index contributed by atoms with van der Waals surface area (Å²) in [4.78, 5) is 29.6. The number of carboxylic acid groups (broad SMARTS) is 2. The lowest BCUT2D eigenvalue weighted by Gasteiger charge is -2.02. The first-order valence-corrected chi connectivity index (χ1v) is 4.97. The van der Waals surface area contributed by atoms with Gasteiger partial charge >= 0.3 is 11.9 Å². The highest BCUT2D eigenvalue weighted by Crippen LogP contribution is 2.16. The summed E-state index contributed by atoms with van der Waals surface area (Å²) < 4.78 is 0. The molecule has 0 saturated carbocycles. The second-order valence-corrected chi connectivity index (χ2v) is 3.47. The van der Waals surface area contributed by atoms with Gasteiger partial charge in [0.2, 0.25) is 0 Å². The highest BCUT2D eigenvalue weighted by Gasteiger charge is 2.09. The molecule has 0 aliphatic carbocycles. The molecule has 0 fully saturated rings. The van der Waals surface area contributed by atoms with Crippen LogP contribution >= 0.6 is 0 Å². The van der Waals surface area contributed by atoms with E-state index in [2.05, 4.69) is 9.97 Å². The van der Waals surface area contributed by atoms with E-state index in [9.17, 15) is 9.59 Å². The average Bonchev–Trinajstić information content (AvgIpc) is 2.39. The molecule has 2 heterocycles. The van der Waals surface area contributed by atoms with E-state index in [-0.39, 0.29) is 33.0 Å². The van der Waals surface area contributed by atoms with Crippen molar-refractivity contribution in [2.75, 3.05) is 0 Å². The van der Waals surface area contributed by atoms with Crippen molar-refractivity contribution >= 4 is 11.9 Å². The van der Waals surface area contributed by atoms with Crippen LogP contribution in [-0.4, -0.2) is 54.0 Å². The molecule has 0 aromatic carbocycles. The van der Waals surface area contributed by atoms with Crippen molar-refractivity contribution < 1.29 is 41.7 Å². The highest BCUT2D eigenvalue weighted by atomic mass is 16.4. The number of hydrogen-bond donors (Lipinski definition) is 2. The minimum absolute atomic E-state index is 0. The number of carboxylic acids is 2. The largest absolute Gasteiger partial charge is 0.478 e. The smallest absolute Gasteiger partial charge is 0.335 e. The standard InChI is InChI=1S/C12H8N2O4.4H2O/c15-11(16)7-1-3-13-9(5-7)10-6-8(12(17)18)2-4-14-10;;;;/h1-6H,(H,15,16)(H,17,18);4*1H2. The Bertz CT molecular complexity index is 577. The van der Waals surface area contributed by atoms with E-state index in [1.54, 1.807) is 0 Å². The fourth-order valence-corrected chi connectivity index (χ4v) is 1.41. The van der Waals surface area contributed by atoms with Gasteiger partial charge in [-0.3, -0.25) is 9.97 Å². The van der Waals surface area contributed by atoms with E-state index >= 15 is 0 Å². The van der Waals surface area contributed by atoms with Crippen LogP contribution in [0.25, 0.3) is 11.4 Å². The molecular formula is C12H16N2O8. The van der Waals surface area contributed by atoms with E-state index < -0.39 is 11.9 Å². The Kier molecular flexibility index (Phi) is 10.9. The van der Waals surface area contributed by atoms with E-state index in [1.165, 1.54) is 36.7 Å². The van der Waals surface area contributed by atoms with Gasteiger partial charge in [0.25, 0.3) is 0 Å². The molecule has 0 amide bonds. The van der Waals surface area contributed by atoms with Crippen LogP contribution in [-0.2, 0) is 0 Å². The van der Waals surface area contributed by atoms with Crippen molar-refractivity contribution in [3.05, 3.63) is 47.8 Å². The normalized spacial score (nSPS) is 8.18. The Morgan fingerprint density at radius 1 is 0.727 bits per heavy atom. The molecule has 2 aromatic rings. The second kappa shape index (κ2) is 9.90. The van der Waals surface area contributed by atoms with Gasteiger partial charge in [-0.25, -0.2) is 9.59 Å². The molecule has 0 saturated heterocycles. The molecule has 0 aliphatic heterocycles. The fourth-order valence-electron chi connectivity index (χ4n) is 1.41. The van der Waals surface area contributed by atoms with Gasteiger partial charge in [-0.2, -0.15) is 0 Å². The van der Waals surface area contributed by atoms with Crippen LogP contribution in [0.3, 0.4) is 0 Å².